The van der Waals surface area contributed by atoms with E-state index in [4.69, 9.17) is 11.6 Å². The summed E-state index contributed by atoms with van der Waals surface area (Å²) in [4.78, 5) is 16.8. The maximum absolute atomic E-state index is 12.5. The maximum atomic E-state index is 12.5. The Balaban J connectivity index is 1.86. The molecule has 1 saturated carbocycles. The van der Waals surface area contributed by atoms with Crippen molar-refractivity contribution >= 4 is 28.4 Å². The lowest BCUT2D eigenvalue weighted by Crippen LogP contribution is -2.38. The largest absolute Gasteiger partial charge is 0.349 e. The average Bonchev–Trinajstić information content (AvgIpc) is 2.93. The third-order valence-electron chi connectivity index (χ3n) is 4.06. The molecule has 3 nitrogen and oxygen atoms in total. The van der Waals surface area contributed by atoms with Crippen LogP contribution in [0.3, 0.4) is 0 Å². The highest BCUT2D eigenvalue weighted by molar-refractivity contribution is 6.18. The van der Waals surface area contributed by atoms with E-state index in [1.54, 1.807) is 6.20 Å². The van der Waals surface area contributed by atoms with Crippen molar-refractivity contribution in [3.63, 3.8) is 0 Å². The molecule has 1 aromatic heterocycles. The van der Waals surface area contributed by atoms with Crippen LogP contribution in [0.25, 0.3) is 10.9 Å². The summed E-state index contributed by atoms with van der Waals surface area (Å²) in [5.74, 6) is 0.988. The molecule has 2 aromatic rings. The number of rotatable bonds is 3. The number of carbonyl (C=O) groups excluding carboxylic acids is 1. The molecule has 1 aliphatic carbocycles. The van der Waals surface area contributed by atoms with Crippen molar-refractivity contribution < 1.29 is 4.79 Å². The number of fused-ring (bicyclic) bond motifs is 1. The van der Waals surface area contributed by atoms with Crippen LogP contribution in [0, 0.1) is 5.92 Å². The fourth-order valence-corrected chi connectivity index (χ4v) is 3.33. The second kappa shape index (κ2) is 5.80. The van der Waals surface area contributed by atoms with Crippen molar-refractivity contribution in [2.75, 3.05) is 5.88 Å². The summed E-state index contributed by atoms with van der Waals surface area (Å²) < 4.78 is 0. The lowest BCUT2D eigenvalue weighted by atomic mass is 10.0. The Hall–Kier alpha value is -1.61. The van der Waals surface area contributed by atoms with Gasteiger partial charge >= 0.3 is 0 Å². The van der Waals surface area contributed by atoms with Gasteiger partial charge in [-0.2, -0.15) is 0 Å². The minimum Gasteiger partial charge on any atom is -0.349 e. The second-order valence-corrected chi connectivity index (χ2v) is 5.61. The Morgan fingerprint density at radius 2 is 2.20 bits per heavy atom. The van der Waals surface area contributed by atoms with Gasteiger partial charge < -0.3 is 5.32 Å². The molecule has 0 bridgehead atoms. The minimum absolute atomic E-state index is 0.0226. The van der Waals surface area contributed by atoms with E-state index in [2.05, 4.69) is 10.3 Å². The van der Waals surface area contributed by atoms with E-state index < -0.39 is 0 Å². The number of nitrogens with zero attached hydrogens (tertiary/aromatic N) is 1. The summed E-state index contributed by atoms with van der Waals surface area (Å²) in [6, 6.07) is 9.64. The molecule has 0 spiro atoms. The molecule has 1 N–H and O–H groups in total. The van der Waals surface area contributed by atoms with E-state index in [-0.39, 0.29) is 11.9 Å². The predicted octanol–water partition coefficient (Wildman–Crippen LogP) is 3.37. The van der Waals surface area contributed by atoms with Gasteiger partial charge in [0.05, 0.1) is 5.52 Å². The van der Waals surface area contributed by atoms with Crippen LogP contribution in [0.1, 0.15) is 29.6 Å². The Bertz CT molecular complexity index is 623. The van der Waals surface area contributed by atoms with Crippen LogP contribution in [0.15, 0.2) is 36.5 Å². The van der Waals surface area contributed by atoms with Crippen LogP contribution in [0.4, 0.5) is 0 Å². The second-order valence-electron chi connectivity index (χ2n) is 5.30. The summed E-state index contributed by atoms with van der Waals surface area (Å²) in [6.45, 7) is 0. The zero-order chi connectivity index (χ0) is 13.9. The molecule has 3 rings (SSSR count). The van der Waals surface area contributed by atoms with Crippen molar-refractivity contribution in [3.8, 4) is 0 Å². The molecule has 1 aliphatic rings. The van der Waals surface area contributed by atoms with Gasteiger partial charge in [-0.3, -0.25) is 9.78 Å². The number of aromatic nitrogens is 1. The van der Waals surface area contributed by atoms with Crippen molar-refractivity contribution in [1.29, 1.82) is 0 Å². The first-order chi connectivity index (χ1) is 9.79. The standard InChI is InChI=1S/C16H17ClN2O/c17-10-11-4-1-7-14(11)19-16(20)13-5-2-8-15-12(13)6-3-9-18-15/h2-3,5-6,8-9,11,14H,1,4,7,10H2,(H,19,20). The van der Waals surface area contributed by atoms with Gasteiger partial charge in [-0.25, -0.2) is 0 Å². The molecule has 2 unspecified atom stereocenters. The summed E-state index contributed by atoms with van der Waals surface area (Å²) in [5.41, 5.74) is 1.54. The summed E-state index contributed by atoms with van der Waals surface area (Å²) in [5, 5.41) is 4.03. The predicted molar refractivity (Wildman–Crippen MR) is 81.1 cm³/mol. The molecule has 2 atom stereocenters. The van der Waals surface area contributed by atoms with Gasteiger partial charge in [-0.15, -0.1) is 11.6 Å². The molecule has 1 amide bonds. The average molecular weight is 289 g/mol. The Labute approximate surface area is 123 Å². The minimum atomic E-state index is -0.0226. The van der Waals surface area contributed by atoms with Crippen LogP contribution >= 0.6 is 11.6 Å². The number of hydrogen-bond acceptors (Lipinski definition) is 2. The number of benzene rings is 1. The van der Waals surface area contributed by atoms with Gasteiger partial charge in [0.2, 0.25) is 0 Å². The molecule has 0 aliphatic heterocycles. The quantitative estimate of drug-likeness (QED) is 0.880. The number of alkyl halides is 1. The van der Waals surface area contributed by atoms with Gasteiger partial charge in [-0.05, 0) is 37.0 Å². The number of carbonyl (C=O) groups is 1. The normalized spacial score (nSPS) is 22.1. The fraction of sp³-hybridized carbons (Fsp3) is 0.375. The summed E-state index contributed by atoms with van der Waals surface area (Å²) in [6.07, 6.45) is 5.00. The van der Waals surface area contributed by atoms with Gasteiger partial charge in [0.25, 0.3) is 5.91 Å². The van der Waals surface area contributed by atoms with E-state index in [1.807, 2.05) is 30.3 Å². The fourth-order valence-electron chi connectivity index (χ4n) is 2.96. The molecular weight excluding hydrogens is 272 g/mol. The molecule has 4 heteroatoms. The van der Waals surface area contributed by atoms with Gasteiger partial charge in [0.1, 0.15) is 0 Å². The SMILES string of the molecule is O=C(NC1CCCC1CCl)c1cccc2ncccc12. The lowest BCUT2D eigenvalue weighted by Gasteiger charge is -2.19. The zero-order valence-electron chi connectivity index (χ0n) is 11.2. The van der Waals surface area contributed by atoms with Crippen molar-refractivity contribution in [2.24, 2.45) is 5.92 Å². The number of hydrogen-bond donors (Lipinski definition) is 1. The van der Waals surface area contributed by atoms with Crippen LogP contribution in [-0.4, -0.2) is 22.8 Å². The van der Waals surface area contributed by atoms with Crippen molar-refractivity contribution in [3.05, 3.63) is 42.1 Å². The molecule has 0 radical (unpaired) electrons. The first-order valence-electron chi connectivity index (χ1n) is 7.00. The summed E-state index contributed by atoms with van der Waals surface area (Å²) in [7, 11) is 0. The van der Waals surface area contributed by atoms with Crippen LogP contribution < -0.4 is 5.32 Å². The molecule has 1 aromatic carbocycles. The first kappa shape index (κ1) is 13.4. The van der Waals surface area contributed by atoms with E-state index in [9.17, 15) is 4.79 Å². The number of amides is 1. The molecule has 0 saturated heterocycles. The van der Waals surface area contributed by atoms with Gasteiger partial charge in [-0.1, -0.05) is 18.6 Å². The van der Waals surface area contributed by atoms with Crippen molar-refractivity contribution in [2.45, 2.75) is 25.3 Å². The molecule has 1 heterocycles. The lowest BCUT2D eigenvalue weighted by molar-refractivity contribution is 0.0931. The maximum Gasteiger partial charge on any atom is 0.252 e. The third kappa shape index (κ3) is 2.50. The van der Waals surface area contributed by atoms with E-state index in [1.165, 1.54) is 0 Å². The van der Waals surface area contributed by atoms with Crippen LogP contribution in [0.2, 0.25) is 0 Å². The monoisotopic (exact) mass is 288 g/mol. The number of pyridine rings is 1. The number of nitrogens with one attached hydrogen (secondary N) is 1. The molecule has 1 fully saturated rings. The Morgan fingerprint density at radius 3 is 3.05 bits per heavy atom. The highest BCUT2D eigenvalue weighted by Crippen LogP contribution is 2.27. The Morgan fingerprint density at radius 1 is 1.30 bits per heavy atom. The third-order valence-corrected chi connectivity index (χ3v) is 4.46. The number of halogens is 1. The smallest absolute Gasteiger partial charge is 0.252 e. The van der Waals surface area contributed by atoms with Gasteiger partial charge in [0.15, 0.2) is 0 Å². The highest BCUT2D eigenvalue weighted by Gasteiger charge is 2.28. The first-order valence-corrected chi connectivity index (χ1v) is 7.53. The van der Waals surface area contributed by atoms with Crippen molar-refractivity contribution in [1.82, 2.24) is 10.3 Å². The molecular formula is C16H17ClN2O. The zero-order valence-corrected chi connectivity index (χ0v) is 11.9. The molecule has 20 heavy (non-hydrogen) atoms. The van der Waals surface area contributed by atoms with Crippen LogP contribution in [-0.2, 0) is 0 Å². The van der Waals surface area contributed by atoms with Crippen LogP contribution in [0.5, 0.6) is 0 Å². The van der Waals surface area contributed by atoms with E-state index in [0.717, 1.165) is 30.2 Å². The van der Waals surface area contributed by atoms with Gasteiger partial charge in [0, 0.05) is 29.1 Å². The topological polar surface area (TPSA) is 42.0 Å². The summed E-state index contributed by atoms with van der Waals surface area (Å²) >= 11 is 5.97. The highest BCUT2D eigenvalue weighted by atomic mass is 35.5. The van der Waals surface area contributed by atoms with E-state index in [0.29, 0.717) is 17.4 Å². The van der Waals surface area contributed by atoms with E-state index >= 15 is 0 Å². The molecule has 104 valence electrons. The Kier molecular flexibility index (Phi) is 3.88.